The van der Waals surface area contributed by atoms with E-state index in [1.54, 1.807) is 0 Å². The average Bonchev–Trinajstić information content (AvgIpc) is 2.66. The van der Waals surface area contributed by atoms with E-state index in [0.29, 0.717) is 13.0 Å². The van der Waals surface area contributed by atoms with Crippen molar-refractivity contribution < 1.29 is 14.3 Å². The summed E-state index contributed by atoms with van der Waals surface area (Å²) in [6.07, 6.45) is 0.656. The van der Waals surface area contributed by atoms with Crippen LogP contribution < -0.4 is 10.6 Å². The van der Waals surface area contributed by atoms with E-state index in [-0.39, 0.29) is 24.1 Å². The molecule has 1 unspecified atom stereocenters. The molecule has 0 aliphatic rings. The van der Waals surface area contributed by atoms with Crippen LogP contribution in [0, 0.1) is 19.3 Å². The molecule has 5 nitrogen and oxygen atoms in total. The summed E-state index contributed by atoms with van der Waals surface area (Å²) in [5.74, 6) is 1.67. The van der Waals surface area contributed by atoms with E-state index in [1.165, 1.54) is 0 Å². The molecule has 0 bridgehead atoms. The highest BCUT2D eigenvalue weighted by atomic mass is 16.3. The zero-order valence-electron chi connectivity index (χ0n) is 13.0. The van der Waals surface area contributed by atoms with Crippen molar-refractivity contribution in [2.24, 2.45) is 5.41 Å². The molecule has 1 atom stereocenters. The van der Waals surface area contributed by atoms with Gasteiger partial charge in [0.05, 0.1) is 6.04 Å². The summed E-state index contributed by atoms with van der Waals surface area (Å²) in [6.45, 7) is 10.4. The van der Waals surface area contributed by atoms with Gasteiger partial charge in [0.25, 0.3) is 0 Å². The van der Waals surface area contributed by atoms with E-state index in [2.05, 4.69) is 10.6 Å². The number of urea groups is 1. The van der Waals surface area contributed by atoms with Gasteiger partial charge in [-0.3, -0.25) is 0 Å². The van der Waals surface area contributed by atoms with E-state index < -0.39 is 0 Å². The van der Waals surface area contributed by atoms with Gasteiger partial charge in [0.1, 0.15) is 11.5 Å². The van der Waals surface area contributed by atoms with Gasteiger partial charge in [0.2, 0.25) is 0 Å². The first-order valence-corrected chi connectivity index (χ1v) is 6.97. The number of aliphatic hydroxyl groups excluding tert-OH is 1. The summed E-state index contributed by atoms with van der Waals surface area (Å²) in [5, 5.41) is 14.7. The average molecular weight is 282 g/mol. The van der Waals surface area contributed by atoms with E-state index in [9.17, 15) is 4.79 Å². The van der Waals surface area contributed by atoms with Crippen LogP contribution in [0.4, 0.5) is 4.79 Å². The number of hydrogen-bond acceptors (Lipinski definition) is 3. The highest BCUT2D eigenvalue weighted by Gasteiger charge is 2.19. The molecule has 0 spiro atoms. The molecule has 5 heteroatoms. The van der Waals surface area contributed by atoms with Crippen molar-refractivity contribution in [2.75, 3.05) is 13.2 Å². The van der Waals surface area contributed by atoms with Gasteiger partial charge in [-0.25, -0.2) is 4.79 Å². The van der Waals surface area contributed by atoms with Crippen molar-refractivity contribution in [3.8, 4) is 0 Å². The Balaban J connectivity index is 2.48. The van der Waals surface area contributed by atoms with Gasteiger partial charge in [0.15, 0.2) is 0 Å². The van der Waals surface area contributed by atoms with Gasteiger partial charge < -0.3 is 20.2 Å². The highest BCUT2D eigenvalue weighted by molar-refractivity contribution is 5.74. The number of amides is 2. The van der Waals surface area contributed by atoms with Crippen LogP contribution in [0.15, 0.2) is 10.5 Å². The molecule has 1 aromatic heterocycles. The zero-order chi connectivity index (χ0) is 15.3. The van der Waals surface area contributed by atoms with Gasteiger partial charge in [-0.05, 0) is 38.7 Å². The first-order chi connectivity index (χ1) is 9.25. The third-order valence-electron chi connectivity index (χ3n) is 3.41. The summed E-state index contributed by atoms with van der Waals surface area (Å²) >= 11 is 0. The van der Waals surface area contributed by atoms with Crippen molar-refractivity contribution in [1.29, 1.82) is 0 Å². The summed E-state index contributed by atoms with van der Waals surface area (Å²) in [6, 6.07) is 1.63. The predicted molar refractivity (Wildman–Crippen MR) is 78.6 cm³/mol. The van der Waals surface area contributed by atoms with Gasteiger partial charge >= 0.3 is 6.03 Å². The Morgan fingerprint density at radius 3 is 2.60 bits per heavy atom. The van der Waals surface area contributed by atoms with Crippen LogP contribution in [-0.2, 0) is 0 Å². The number of furan rings is 1. The minimum absolute atomic E-state index is 0.103. The first-order valence-electron chi connectivity index (χ1n) is 6.97. The maximum absolute atomic E-state index is 11.9. The van der Waals surface area contributed by atoms with Crippen LogP contribution in [-0.4, -0.2) is 24.3 Å². The van der Waals surface area contributed by atoms with Crippen molar-refractivity contribution in [1.82, 2.24) is 10.6 Å². The normalized spacial score (nSPS) is 13.1. The van der Waals surface area contributed by atoms with Crippen molar-refractivity contribution in [3.05, 3.63) is 23.2 Å². The minimum Gasteiger partial charge on any atom is -0.466 e. The minimum atomic E-state index is -0.207. The van der Waals surface area contributed by atoms with Gasteiger partial charge in [-0.15, -0.1) is 0 Å². The Labute approximate surface area is 120 Å². The predicted octanol–water partition coefficient (Wildman–Crippen LogP) is 2.67. The van der Waals surface area contributed by atoms with Gasteiger partial charge in [-0.2, -0.15) is 0 Å². The van der Waals surface area contributed by atoms with Crippen LogP contribution in [0.5, 0.6) is 0 Å². The van der Waals surface area contributed by atoms with E-state index in [4.69, 9.17) is 9.52 Å². The highest BCUT2D eigenvalue weighted by Crippen LogP contribution is 2.21. The molecule has 0 radical (unpaired) electrons. The summed E-state index contributed by atoms with van der Waals surface area (Å²) < 4.78 is 5.46. The number of aliphatic hydroxyl groups is 1. The number of carbonyl (C=O) groups is 1. The molecule has 1 rings (SSSR count). The molecule has 0 aliphatic heterocycles. The second kappa shape index (κ2) is 6.79. The topological polar surface area (TPSA) is 74.5 Å². The molecular formula is C15H26N2O3. The molecular weight excluding hydrogens is 256 g/mol. The molecule has 1 aromatic rings. The quantitative estimate of drug-likeness (QED) is 0.751. The maximum Gasteiger partial charge on any atom is 0.315 e. The van der Waals surface area contributed by atoms with Crippen LogP contribution in [0.25, 0.3) is 0 Å². The SMILES string of the molecule is Cc1cc(C(C)NC(=O)NCC(C)(C)CCO)c(C)o1. The Kier molecular flexibility index (Phi) is 5.62. The Hall–Kier alpha value is -1.49. The lowest BCUT2D eigenvalue weighted by Gasteiger charge is -2.24. The van der Waals surface area contributed by atoms with Crippen molar-refractivity contribution >= 4 is 6.03 Å². The van der Waals surface area contributed by atoms with Crippen LogP contribution >= 0.6 is 0 Å². The van der Waals surface area contributed by atoms with Gasteiger partial charge in [-0.1, -0.05) is 13.8 Å². The Morgan fingerprint density at radius 1 is 1.45 bits per heavy atom. The lowest BCUT2D eigenvalue weighted by molar-refractivity contribution is 0.200. The Morgan fingerprint density at radius 2 is 2.10 bits per heavy atom. The van der Waals surface area contributed by atoms with Crippen molar-refractivity contribution in [3.63, 3.8) is 0 Å². The number of nitrogens with one attached hydrogen (secondary N) is 2. The lowest BCUT2D eigenvalue weighted by Crippen LogP contribution is -2.41. The van der Waals surface area contributed by atoms with Gasteiger partial charge in [0, 0.05) is 18.7 Å². The molecule has 20 heavy (non-hydrogen) atoms. The van der Waals surface area contributed by atoms with Crippen LogP contribution in [0.1, 0.15) is 50.3 Å². The second-order valence-corrected chi connectivity index (χ2v) is 6.06. The Bertz CT molecular complexity index is 452. The first kappa shape index (κ1) is 16.6. The van der Waals surface area contributed by atoms with Crippen molar-refractivity contribution in [2.45, 2.75) is 47.1 Å². The molecule has 0 fully saturated rings. The third kappa shape index (κ3) is 4.89. The second-order valence-electron chi connectivity index (χ2n) is 6.06. The fraction of sp³-hybridized carbons (Fsp3) is 0.667. The van der Waals surface area contributed by atoms with E-state index >= 15 is 0 Å². The number of carbonyl (C=O) groups excluding carboxylic acids is 1. The van der Waals surface area contributed by atoms with Crippen LogP contribution in [0.2, 0.25) is 0 Å². The summed E-state index contributed by atoms with van der Waals surface area (Å²) in [7, 11) is 0. The lowest BCUT2D eigenvalue weighted by atomic mass is 9.90. The molecule has 0 saturated heterocycles. The van der Waals surface area contributed by atoms with Crippen LogP contribution in [0.3, 0.4) is 0 Å². The molecule has 0 aromatic carbocycles. The number of rotatable bonds is 6. The fourth-order valence-corrected chi connectivity index (χ4v) is 2.12. The number of hydrogen-bond donors (Lipinski definition) is 3. The van der Waals surface area contributed by atoms with E-state index in [1.807, 2.05) is 40.7 Å². The smallest absolute Gasteiger partial charge is 0.315 e. The standard InChI is InChI=1S/C15H26N2O3/c1-10-8-13(12(3)20-10)11(2)17-14(19)16-9-15(4,5)6-7-18/h8,11,18H,6-7,9H2,1-5H3,(H2,16,17,19). The largest absolute Gasteiger partial charge is 0.466 e. The fourth-order valence-electron chi connectivity index (χ4n) is 2.12. The molecule has 3 N–H and O–H groups in total. The molecule has 2 amide bonds. The summed E-state index contributed by atoms with van der Waals surface area (Å²) in [4.78, 5) is 11.9. The molecule has 0 saturated carbocycles. The summed E-state index contributed by atoms with van der Waals surface area (Å²) in [5.41, 5.74) is 0.879. The molecule has 1 heterocycles. The third-order valence-corrected chi connectivity index (χ3v) is 3.41. The number of aryl methyl sites for hydroxylation is 2. The monoisotopic (exact) mass is 282 g/mol. The van der Waals surface area contributed by atoms with E-state index in [0.717, 1.165) is 17.1 Å². The molecule has 0 aliphatic carbocycles. The maximum atomic E-state index is 11.9. The zero-order valence-corrected chi connectivity index (χ0v) is 13.0. The molecule has 114 valence electrons.